The van der Waals surface area contributed by atoms with E-state index in [1.165, 1.54) is 12.1 Å². The second-order valence-electron chi connectivity index (χ2n) is 3.74. The van der Waals surface area contributed by atoms with E-state index in [0.717, 1.165) is 0 Å². The number of carbonyl (C=O) groups is 1. The molecule has 0 saturated heterocycles. The number of alkyl halides is 3. The van der Waals surface area contributed by atoms with E-state index >= 15 is 0 Å². The van der Waals surface area contributed by atoms with Crippen molar-refractivity contribution in [3.63, 3.8) is 0 Å². The molecule has 0 spiro atoms. The molecule has 1 aromatic carbocycles. The molecule has 0 aromatic heterocycles. The molecular weight excluding hydrogens is 276 g/mol. The van der Waals surface area contributed by atoms with Crippen LogP contribution in [0.25, 0.3) is 0 Å². The Balaban J connectivity index is 3.26. The van der Waals surface area contributed by atoms with E-state index in [-0.39, 0.29) is 30.0 Å². The third-order valence-electron chi connectivity index (χ3n) is 2.46. The number of nitrogens with zero attached hydrogens (tertiary/aromatic N) is 1. The first-order chi connectivity index (χ1) is 9.03. The Labute approximate surface area is 114 Å². The molecule has 3 nitrogen and oxygen atoms in total. The number of hydrogen-bond donors (Lipinski definition) is 0. The number of carbonyl (C=O) groups excluding carboxylic acids is 1. The van der Waals surface area contributed by atoms with Gasteiger partial charge in [-0.15, -0.1) is 11.6 Å². The highest BCUT2D eigenvalue weighted by atomic mass is 35.5. The zero-order valence-electron chi connectivity index (χ0n) is 10.3. The minimum atomic E-state index is -2.83. The molecule has 0 aliphatic heterocycles. The van der Waals surface area contributed by atoms with E-state index in [9.17, 15) is 13.6 Å². The molecule has 0 atom stereocenters. The molecule has 0 unspecified atom stereocenters. The summed E-state index contributed by atoms with van der Waals surface area (Å²) in [5.74, 6) is -0.534. The van der Waals surface area contributed by atoms with Crippen molar-refractivity contribution in [3.05, 3.63) is 34.4 Å². The maximum Gasteiger partial charge on any atom is 0.310 e. The Morgan fingerprint density at radius 2 is 2.21 bits per heavy atom. The summed E-state index contributed by atoms with van der Waals surface area (Å²) in [7, 11) is 0. The lowest BCUT2D eigenvalue weighted by Crippen LogP contribution is -2.11. The third kappa shape index (κ3) is 3.90. The summed E-state index contributed by atoms with van der Waals surface area (Å²) in [6, 6.07) is 4.42. The molecule has 0 fully saturated rings. The van der Waals surface area contributed by atoms with Crippen molar-refractivity contribution in [1.29, 1.82) is 5.26 Å². The summed E-state index contributed by atoms with van der Waals surface area (Å²) < 4.78 is 30.7. The first-order valence-corrected chi connectivity index (χ1v) is 6.12. The van der Waals surface area contributed by atoms with Gasteiger partial charge in [0, 0.05) is 11.4 Å². The molecule has 0 N–H and O–H groups in total. The summed E-state index contributed by atoms with van der Waals surface area (Å²) in [5, 5.41) is 8.91. The van der Waals surface area contributed by atoms with Gasteiger partial charge in [0.1, 0.15) is 0 Å². The summed E-state index contributed by atoms with van der Waals surface area (Å²) >= 11 is 5.64. The lowest BCUT2D eigenvalue weighted by molar-refractivity contribution is -0.142. The number of benzene rings is 1. The summed E-state index contributed by atoms with van der Waals surface area (Å²) in [4.78, 5) is 11.4. The van der Waals surface area contributed by atoms with Gasteiger partial charge in [0.2, 0.25) is 0 Å². The fraction of sp³-hybridized carbons (Fsp3) is 0.385. The molecule has 19 heavy (non-hydrogen) atoms. The summed E-state index contributed by atoms with van der Waals surface area (Å²) in [6.07, 6.45) is -3.13. The van der Waals surface area contributed by atoms with Crippen LogP contribution in [0.2, 0.25) is 0 Å². The monoisotopic (exact) mass is 287 g/mol. The van der Waals surface area contributed by atoms with Crippen LogP contribution in [0.3, 0.4) is 0 Å². The molecule has 0 aliphatic carbocycles. The number of hydrogen-bond acceptors (Lipinski definition) is 3. The van der Waals surface area contributed by atoms with Crippen molar-refractivity contribution < 1.29 is 18.3 Å². The number of halogens is 3. The first kappa shape index (κ1) is 15.4. The standard InChI is InChI=1S/C13H12ClF2NO2/c1-2-19-11(18)5-9-3-8(6-14)4-10(7-17)12(9)13(15)16/h3-4,13H,2,5-6H2,1H3. The average molecular weight is 288 g/mol. The number of esters is 1. The minimum absolute atomic E-state index is 0.0774. The van der Waals surface area contributed by atoms with Gasteiger partial charge in [-0.3, -0.25) is 4.79 Å². The maximum absolute atomic E-state index is 13.0. The summed E-state index contributed by atoms with van der Waals surface area (Å²) in [6.45, 7) is 1.80. The lowest BCUT2D eigenvalue weighted by Gasteiger charge is -2.12. The van der Waals surface area contributed by atoms with Gasteiger partial charge in [0.15, 0.2) is 0 Å². The Hall–Kier alpha value is -1.67. The van der Waals surface area contributed by atoms with Gasteiger partial charge >= 0.3 is 5.97 Å². The molecule has 6 heteroatoms. The zero-order valence-corrected chi connectivity index (χ0v) is 11.0. The zero-order chi connectivity index (χ0) is 14.4. The molecule has 102 valence electrons. The quantitative estimate of drug-likeness (QED) is 0.616. The van der Waals surface area contributed by atoms with Crippen LogP contribution in [0.15, 0.2) is 12.1 Å². The van der Waals surface area contributed by atoms with Crippen LogP contribution in [0, 0.1) is 11.3 Å². The third-order valence-corrected chi connectivity index (χ3v) is 2.77. The van der Waals surface area contributed by atoms with Crippen molar-refractivity contribution >= 4 is 17.6 Å². The van der Waals surface area contributed by atoms with Crippen LogP contribution in [0.1, 0.15) is 35.6 Å². The van der Waals surface area contributed by atoms with Gasteiger partial charge in [-0.2, -0.15) is 5.26 Å². The lowest BCUT2D eigenvalue weighted by atomic mass is 9.96. The highest BCUT2D eigenvalue weighted by Crippen LogP contribution is 2.29. The second-order valence-corrected chi connectivity index (χ2v) is 4.01. The first-order valence-electron chi connectivity index (χ1n) is 5.59. The molecule has 0 saturated carbocycles. The molecule has 0 heterocycles. The largest absolute Gasteiger partial charge is 0.466 e. The van der Waals surface area contributed by atoms with Crippen molar-refractivity contribution in [1.82, 2.24) is 0 Å². The molecule has 0 amide bonds. The Morgan fingerprint density at radius 3 is 2.68 bits per heavy atom. The number of rotatable bonds is 5. The van der Waals surface area contributed by atoms with E-state index in [1.54, 1.807) is 13.0 Å². The van der Waals surface area contributed by atoms with Gasteiger partial charge in [0.25, 0.3) is 6.43 Å². The topological polar surface area (TPSA) is 50.1 Å². The molecular formula is C13H12ClF2NO2. The Kier molecular flexibility index (Phi) is 5.71. The normalized spacial score (nSPS) is 10.3. The predicted molar refractivity (Wildman–Crippen MR) is 66.0 cm³/mol. The van der Waals surface area contributed by atoms with Gasteiger partial charge in [-0.05, 0) is 24.1 Å². The van der Waals surface area contributed by atoms with Crippen molar-refractivity contribution in [2.45, 2.75) is 25.7 Å². The van der Waals surface area contributed by atoms with Crippen LogP contribution < -0.4 is 0 Å². The Morgan fingerprint density at radius 1 is 1.53 bits per heavy atom. The molecule has 0 radical (unpaired) electrons. The van der Waals surface area contributed by atoms with Crippen LogP contribution >= 0.6 is 11.6 Å². The smallest absolute Gasteiger partial charge is 0.310 e. The molecule has 1 rings (SSSR count). The van der Waals surface area contributed by atoms with Crippen LogP contribution in [0.5, 0.6) is 0 Å². The number of nitriles is 1. The minimum Gasteiger partial charge on any atom is -0.466 e. The van der Waals surface area contributed by atoms with E-state index in [4.69, 9.17) is 21.6 Å². The summed E-state index contributed by atoms with van der Waals surface area (Å²) in [5.41, 5.74) is 0.0157. The van der Waals surface area contributed by atoms with Gasteiger partial charge in [-0.25, -0.2) is 8.78 Å². The van der Waals surface area contributed by atoms with Gasteiger partial charge < -0.3 is 4.74 Å². The SMILES string of the molecule is CCOC(=O)Cc1cc(CCl)cc(C#N)c1C(F)F. The van der Waals surface area contributed by atoms with Crippen molar-refractivity contribution in [3.8, 4) is 6.07 Å². The van der Waals surface area contributed by atoms with E-state index in [2.05, 4.69) is 0 Å². The van der Waals surface area contributed by atoms with Crippen LogP contribution in [-0.4, -0.2) is 12.6 Å². The fourth-order valence-corrected chi connectivity index (χ4v) is 1.87. The molecule has 1 aromatic rings. The van der Waals surface area contributed by atoms with Crippen LogP contribution in [0.4, 0.5) is 8.78 Å². The highest BCUT2D eigenvalue weighted by molar-refractivity contribution is 6.17. The van der Waals surface area contributed by atoms with E-state index in [1.807, 2.05) is 0 Å². The van der Waals surface area contributed by atoms with Crippen LogP contribution in [-0.2, 0) is 21.8 Å². The highest BCUT2D eigenvalue weighted by Gasteiger charge is 2.21. The number of ether oxygens (including phenoxy) is 1. The van der Waals surface area contributed by atoms with E-state index in [0.29, 0.717) is 5.56 Å². The predicted octanol–water partition coefficient (Wildman–Crippen LogP) is 3.34. The average Bonchev–Trinajstić information content (AvgIpc) is 2.37. The van der Waals surface area contributed by atoms with Crippen molar-refractivity contribution in [2.75, 3.05) is 6.61 Å². The van der Waals surface area contributed by atoms with Gasteiger partial charge in [-0.1, -0.05) is 6.07 Å². The molecule has 0 bridgehead atoms. The van der Waals surface area contributed by atoms with E-state index < -0.39 is 18.0 Å². The van der Waals surface area contributed by atoms with Gasteiger partial charge in [0.05, 0.1) is 24.7 Å². The Bertz CT molecular complexity index is 512. The van der Waals surface area contributed by atoms with Crippen molar-refractivity contribution in [2.24, 2.45) is 0 Å². The maximum atomic E-state index is 13.0. The second kappa shape index (κ2) is 7.05. The fourth-order valence-electron chi connectivity index (χ4n) is 1.72. The molecule has 0 aliphatic rings.